The maximum Gasteiger partial charge on any atom is 0.303 e. The maximum atomic E-state index is 13.5. The molecule has 0 amide bonds. The Morgan fingerprint density at radius 2 is 1.78 bits per heavy atom. The Balaban J connectivity index is 2.72. The summed E-state index contributed by atoms with van der Waals surface area (Å²) in [5.74, 6) is -0.921. The molecule has 18 heavy (non-hydrogen) atoms. The molecule has 100 valence electrons. The molecule has 2 nitrogen and oxygen atoms in total. The third-order valence-corrected chi connectivity index (χ3v) is 3.22. The Bertz CT molecular complexity index is 427. The van der Waals surface area contributed by atoms with Crippen LogP contribution in [0.2, 0.25) is 0 Å². The maximum absolute atomic E-state index is 13.5. The Morgan fingerprint density at radius 1 is 1.28 bits per heavy atom. The number of benzene rings is 1. The van der Waals surface area contributed by atoms with Gasteiger partial charge in [0.2, 0.25) is 0 Å². The standard InChI is InChI=1S/C15H21FO2/c1-10-7-12(8-11(2)14(10)16)5-6-15(3,4)9-13(17)18/h7-8H,5-6,9H2,1-4H3,(H,17,18). The van der Waals surface area contributed by atoms with Gasteiger partial charge in [0.15, 0.2) is 0 Å². The van der Waals surface area contributed by atoms with E-state index in [-0.39, 0.29) is 17.7 Å². The molecule has 0 unspecified atom stereocenters. The Morgan fingerprint density at radius 3 is 2.22 bits per heavy atom. The van der Waals surface area contributed by atoms with Gasteiger partial charge in [0, 0.05) is 0 Å². The lowest BCUT2D eigenvalue weighted by atomic mass is 9.83. The van der Waals surface area contributed by atoms with Crippen molar-refractivity contribution in [2.75, 3.05) is 0 Å². The van der Waals surface area contributed by atoms with Gasteiger partial charge in [-0.3, -0.25) is 4.79 Å². The van der Waals surface area contributed by atoms with Crippen LogP contribution >= 0.6 is 0 Å². The molecule has 0 heterocycles. The molecule has 0 aliphatic rings. The fourth-order valence-corrected chi connectivity index (χ4v) is 2.16. The van der Waals surface area contributed by atoms with Crippen LogP contribution in [0.5, 0.6) is 0 Å². The predicted octanol–water partition coefficient (Wildman–Crippen LogP) is 3.88. The molecule has 1 N–H and O–H groups in total. The summed E-state index contributed by atoms with van der Waals surface area (Å²) in [7, 11) is 0. The molecule has 0 saturated carbocycles. The Labute approximate surface area is 108 Å². The van der Waals surface area contributed by atoms with Gasteiger partial charge in [-0.05, 0) is 48.8 Å². The lowest BCUT2D eigenvalue weighted by Crippen LogP contribution is -2.17. The summed E-state index contributed by atoms with van der Waals surface area (Å²) in [5.41, 5.74) is 2.15. The molecule has 3 heteroatoms. The van der Waals surface area contributed by atoms with Crippen LogP contribution in [0.3, 0.4) is 0 Å². The molecule has 0 bridgehead atoms. The van der Waals surface area contributed by atoms with Gasteiger partial charge in [0.05, 0.1) is 6.42 Å². The molecule has 0 aromatic heterocycles. The first-order chi connectivity index (χ1) is 8.21. The van der Waals surface area contributed by atoms with E-state index in [1.54, 1.807) is 13.8 Å². The number of hydrogen-bond acceptors (Lipinski definition) is 1. The topological polar surface area (TPSA) is 37.3 Å². The average Bonchev–Trinajstić information content (AvgIpc) is 2.21. The number of rotatable bonds is 5. The summed E-state index contributed by atoms with van der Waals surface area (Å²) < 4.78 is 13.5. The molecule has 0 saturated heterocycles. The minimum atomic E-state index is -0.772. The van der Waals surface area contributed by atoms with Gasteiger partial charge in [0.25, 0.3) is 0 Å². The zero-order valence-electron chi connectivity index (χ0n) is 11.5. The highest BCUT2D eigenvalue weighted by Crippen LogP contribution is 2.27. The number of aryl methyl sites for hydroxylation is 3. The van der Waals surface area contributed by atoms with Crippen molar-refractivity contribution in [3.8, 4) is 0 Å². The molecule has 0 fully saturated rings. The van der Waals surface area contributed by atoms with Gasteiger partial charge in [-0.2, -0.15) is 0 Å². The molecule has 0 radical (unpaired) electrons. The van der Waals surface area contributed by atoms with E-state index in [4.69, 9.17) is 5.11 Å². The first kappa shape index (κ1) is 14.7. The highest BCUT2D eigenvalue weighted by atomic mass is 19.1. The first-order valence-corrected chi connectivity index (χ1v) is 6.19. The third kappa shape index (κ3) is 4.13. The summed E-state index contributed by atoms with van der Waals surface area (Å²) >= 11 is 0. The number of carboxylic acids is 1. The quantitative estimate of drug-likeness (QED) is 0.863. The lowest BCUT2D eigenvalue weighted by molar-refractivity contribution is -0.139. The van der Waals surface area contributed by atoms with Crippen molar-refractivity contribution >= 4 is 5.97 Å². The van der Waals surface area contributed by atoms with Crippen LogP contribution in [0.15, 0.2) is 12.1 Å². The van der Waals surface area contributed by atoms with Gasteiger partial charge >= 0.3 is 5.97 Å². The molecule has 1 rings (SSSR count). The van der Waals surface area contributed by atoms with Crippen molar-refractivity contribution in [1.82, 2.24) is 0 Å². The number of carboxylic acid groups (broad SMARTS) is 1. The van der Waals surface area contributed by atoms with Gasteiger partial charge in [-0.1, -0.05) is 26.0 Å². The molecule has 0 atom stereocenters. The fourth-order valence-electron chi connectivity index (χ4n) is 2.16. The molecule has 0 aliphatic heterocycles. The van der Waals surface area contributed by atoms with Crippen molar-refractivity contribution in [1.29, 1.82) is 0 Å². The minimum Gasteiger partial charge on any atom is -0.481 e. The van der Waals surface area contributed by atoms with E-state index in [0.717, 1.165) is 18.4 Å². The summed E-state index contributed by atoms with van der Waals surface area (Å²) in [6, 6.07) is 3.69. The van der Waals surface area contributed by atoms with E-state index < -0.39 is 5.97 Å². The van der Waals surface area contributed by atoms with Crippen molar-refractivity contribution in [3.05, 3.63) is 34.6 Å². The summed E-state index contributed by atoms with van der Waals surface area (Å²) in [6.07, 6.45) is 1.72. The zero-order valence-corrected chi connectivity index (χ0v) is 11.5. The Kier molecular flexibility index (Phi) is 4.49. The molecule has 1 aromatic rings. The van der Waals surface area contributed by atoms with Crippen LogP contribution in [-0.4, -0.2) is 11.1 Å². The van der Waals surface area contributed by atoms with Gasteiger partial charge in [-0.15, -0.1) is 0 Å². The van der Waals surface area contributed by atoms with E-state index in [1.165, 1.54) is 0 Å². The van der Waals surface area contributed by atoms with Crippen LogP contribution in [-0.2, 0) is 11.2 Å². The lowest BCUT2D eigenvalue weighted by Gasteiger charge is -2.22. The summed E-state index contributed by atoms with van der Waals surface area (Å²) in [4.78, 5) is 10.7. The highest BCUT2D eigenvalue weighted by Gasteiger charge is 2.21. The van der Waals surface area contributed by atoms with Crippen LogP contribution in [0, 0.1) is 25.1 Å². The monoisotopic (exact) mass is 252 g/mol. The van der Waals surface area contributed by atoms with Crippen molar-refractivity contribution in [2.24, 2.45) is 5.41 Å². The molecule has 0 aliphatic carbocycles. The summed E-state index contributed by atoms with van der Waals surface area (Å²) in [5, 5.41) is 8.82. The van der Waals surface area contributed by atoms with E-state index >= 15 is 0 Å². The number of aliphatic carboxylic acids is 1. The number of halogens is 1. The second-order valence-electron chi connectivity index (χ2n) is 5.78. The minimum absolute atomic E-state index is 0.149. The third-order valence-electron chi connectivity index (χ3n) is 3.22. The van der Waals surface area contributed by atoms with Gasteiger partial charge < -0.3 is 5.11 Å². The van der Waals surface area contributed by atoms with E-state index in [0.29, 0.717) is 11.1 Å². The van der Waals surface area contributed by atoms with E-state index in [9.17, 15) is 9.18 Å². The van der Waals surface area contributed by atoms with Crippen molar-refractivity contribution in [3.63, 3.8) is 0 Å². The highest BCUT2D eigenvalue weighted by molar-refractivity contribution is 5.67. The van der Waals surface area contributed by atoms with Crippen molar-refractivity contribution in [2.45, 2.75) is 47.0 Å². The largest absolute Gasteiger partial charge is 0.481 e. The fraction of sp³-hybridized carbons (Fsp3) is 0.533. The molecular formula is C15H21FO2. The van der Waals surface area contributed by atoms with Crippen LogP contribution in [0.1, 0.15) is 43.4 Å². The first-order valence-electron chi connectivity index (χ1n) is 6.19. The number of hydrogen-bond donors (Lipinski definition) is 1. The zero-order chi connectivity index (χ0) is 13.9. The predicted molar refractivity (Wildman–Crippen MR) is 70.2 cm³/mol. The SMILES string of the molecule is Cc1cc(CCC(C)(C)CC(=O)O)cc(C)c1F. The van der Waals surface area contributed by atoms with Gasteiger partial charge in [-0.25, -0.2) is 4.39 Å². The normalized spacial score (nSPS) is 11.6. The van der Waals surface area contributed by atoms with Crippen LogP contribution in [0.25, 0.3) is 0 Å². The van der Waals surface area contributed by atoms with Gasteiger partial charge in [0.1, 0.15) is 5.82 Å². The van der Waals surface area contributed by atoms with E-state index in [1.807, 2.05) is 26.0 Å². The summed E-state index contributed by atoms with van der Waals surface area (Å²) in [6.45, 7) is 7.41. The Hall–Kier alpha value is -1.38. The molecule has 0 spiro atoms. The van der Waals surface area contributed by atoms with Crippen molar-refractivity contribution < 1.29 is 14.3 Å². The van der Waals surface area contributed by atoms with E-state index in [2.05, 4.69) is 0 Å². The smallest absolute Gasteiger partial charge is 0.303 e. The number of carbonyl (C=O) groups is 1. The second kappa shape index (κ2) is 5.51. The van der Waals surface area contributed by atoms with Crippen LogP contribution < -0.4 is 0 Å². The van der Waals surface area contributed by atoms with Crippen LogP contribution in [0.4, 0.5) is 4.39 Å². The molecule has 1 aromatic carbocycles. The second-order valence-corrected chi connectivity index (χ2v) is 5.78. The average molecular weight is 252 g/mol. The molecular weight excluding hydrogens is 231 g/mol.